The molecule has 0 aliphatic rings. The minimum Gasteiger partial charge on any atom is -0.465 e. The van der Waals surface area contributed by atoms with E-state index >= 15 is 0 Å². The Morgan fingerprint density at radius 1 is 1.15 bits per heavy atom. The lowest BCUT2D eigenvalue weighted by Crippen LogP contribution is -2.28. The van der Waals surface area contributed by atoms with Gasteiger partial charge in [-0.3, -0.25) is 9.59 Å². The van der Waals surface area contributed by atoms with Crippen molar-refractivity contribution < 1.29 is 19.1 Å². The minimum atomic E-state index is -1.38. The molecule has 0 fully saturated rings. The van der Waals surface area contributed by atoms with Crippen molar-refractivity contribution in [3.05, 3.63) is 54.1 Å². The van der Waals surface area contributed by atoms with E-state index in [1.165, 1.54) is 13.2 Å². The molecular formula is C20H18N2O4. The maximum atomic E-state index is 12.2. The Labute approximate surface area is 151 Å². The lowest BCUT2D eigenvalue weighted by Gasteiger charge is -2.13. The molecule has 132 valence electrons. The number of hydrogen-bond acceptors (Lipinski definition) is 5. The third-order valence-electron chi connectivity index (χ3n) is 3.84. The van der Waals surface area contributed by atoms with Crippen LogP contribution < -0.4 is 5.32 Å². The summed E-state index contributed by atoms with van der Waals surface area (Å²) in [6, 6.07) is 15.7. The lowest BCUT2D eigenvalue weighted by molar-refractivity contribution is -0.128. The van der Waals surface area contributed by atoms with E-state index in [0.29, 0.717) is 11.3 Å². The number of nitrogens with zero attached hydrogens (tertiary/aromatic N) is 1. The van der Waals surface area contributed by atoms with E-state index in [1.54, 1.807) is 25.1 Å². The number of ether oxygens (including phenoxy) is 1. The quantitative estimate of drug-likeness (QED) is 0.637. The van der Waals surface area contributed by atoms with Gasteiger partial charge in [-0.2, -0.15) is 5.26 Å². The lowest BCUT2D eigenvalue weighted by atomic mass is 9.98. The molecule has 0 aliphatic heterocycles. The first kappa shape index (κ1) is 18.9. The first-order valence-corrected chi connectivity index (χ1v) is 8.02. The number of benzene rings is 2. The molecule has 6 nitrogen and oxygen atoms in total. The average Bonchev–Trinajstić information content (AvgIpc) is 2.68. The highest BCUT2D eigenvalue weighted by atomic mass is 16.5. The Bertz CT molecular complexity index is 869. The molecule has 26 heavy (non-hydrogen) atoms. The molecule has 0 radical (unpaired) electrons. The molecule has 0 aliphatic carbocycles. The van der Waals surface area contributed by atoms with Crippen molar-refractivity contribution in [3.63, 3.8) is 0 Å². The molecule has 1 unspecified atom stereocenters. The number of ketones is 1. The topological polar surface area (TPSA) is 96.3 Å². The van der Waals surface area contributed by atoms with E-state index in [-0.39, 0.29) is 12.0 Å². The fourth-order valence-corrected chi connectivity index (χ4v) is 2.47. The van der Waals surface area contributed by atoms with Gasteiger partial charge in [-0.1, -0.05) is 43.3 Å². The van der Waals surface area contributed by atoms with Crippen molar-refractivity contribution in [1.29, 1.82) is 5.26 Å². The fraction of sp³-hybridized carbons (Fsp3) is 0.200. The standard InChI is InChI=1S/C20H18N2O4/c1-3-18(23)17(12-21)19(24)22-14-9-10-15(13-7-5-4-6-8-13)16(11-14)20(25)26-2/h4-11,17H,3H2,1-2H3,(H,22,24). The van der Waals surface area contributed by atoms with E-state index in [0.717, 1.165) is 5.56 Å². The number of rotatable bonds is 6. The van der Waals surface area contributed by atoms with Gasteiger partial charge in [-0.25, -0.2) is 4.79 Å². The van der Waals surface area contributed by atoms with Gasteiger partial charge in [0.05, 0.1) is 18.7 Å². The van der Waals surface area contributed by atoms with Crippen LogP contribution in [0.1, 0.15) is 23.7 Å². The summed E-state index contributed by atoms with van der Waals surface area (Å²) in [4.78, 5) is 36.0. The van der Waals surface area contributed by atoms with Gasteiger partial charge in [0.25, 0.3) is 0 Å². The van der Waals surface area contributed by atoms with E-state index < -0.39 is 23.6 Å². The van der Waals surface area contributed by atoms with Gasteiger partial charge in [0, 0.05) is 12.1 Å². The molecule has 0 spiro atoms. The molecule has 2 aromatic carbocycles. The second kappa shape index (κ2) is 8.58. The maximum absolute atomic E-state index is 12.2. The largest absolute Gasteiger partial charge is 0.465 e. The predicted molar refractivity (Wildman–Crippen MR) is 96.2 cm³/mol. The highest BCUT2D eigenvalue weighted by molar-refractivity contribution is 6.10. The molecule has 0 aromatic heterocycles. The van der Waals surface area contributed by atoms with Crippen molar-refractivity contribution in [2.75, 3.05) is 12.4 Å². The molecule has 2 aromatic rings. The van der Waals surface area contributed by atoms with Gasteiger partial charge in [0.1, 0.15) is 0 Å². The first-order chi connectivity index (χ1) is 12.5. The summed E-state index contributed by atoms with van der Waals surface area (Å²) in [5.74, 6) is -3.11. The zero-order valence-corrected chi connectivity index (χ0v) is 14.5. The zero-order valence-electron chi connectivity index (χ0n) is 14.5. The first-order valence-electron chi connectivity index (χ1n) is 8.02. The number of methoxy groups -OCH3 is 1. The van der Waals surface area contributed by atoms with Crippen molar-refractivity contribution in [1.82, 2.24) is 0 Å². The number of amides is 1. The molecular weight excluding hydrogens is 332 g/mol. The summed E-state index contributed by atoms with van der Waals surface area (Å²) >= 11 is 0. The monoisotopic (exact) mass is 350 g/mol. The fourth-order valence-electron chi connectivity index (χ4n) is 2.47. The summed E-state index contributed by atoms with van der Waals surface area (Å²) in [6.07, 6.45) is 0.0893. The van der Waals surface area contributed by atoms with Crippen LogP contribution in [0.2, 0.25) is 0 Å². The Hall–Kier alpha value is -3.46. The van der Waals surface area contributed by atoms with E-state index in [1.807, 2.05) is 30.3 Å². The maximum Gasteiger partial charge on any atom is 0.338 e. The number of anilines is 1. The molecule has 1 amide bonds. The number of hydrogen-bond donors (Lipinski definition) is 1. The Morgan fingerprint density at radius 2 is 1.85 bits per heavy atom. The Balaban J connectivity index is 2.37. The van der Waals surface area contributed by atoms with Crippen molar-refractivity contribution in [2.45, 2.75) is 13.3 Å². The van der Waals surface area contributed by atoms with Crippen LogP contribution in [0, 0.1) is 17.2 Å². The van der Waals surface area contributed by atoms with Crippen molar-refractivity contribution in [2.24, 2.45) is 5.92 Å². The summed E-state index contributed by atoms with van der Waals surface area (Å²) in [5, 5.41) is 11.6. The number of esters is 1. The second-order valence-electron chi connectivity index (χ2n) is 5.49. The smallest absolute Gasteiger partial charge is 0.338 e. The molecule has 0 bridgehead atoms. The zero-order chi connectivity index (χ0) is 19.1. The molecule has 6 heteroatoms. The van der Waals surface area contributed by atoms with Crippen LogP contribution >= 0.6 is 0 Å². The molecule has 0 saturated carbocycles. The van der Waals surface area contributed by atoms with Crippen LogP contribution in [-0.4, -0.2) is 24.8 Å². The number of nitriles is 1. The van der Waals surface area contributed by atoms with Crippen molar-refractivity contribution >= 4 is 23.3 Å². The van der Waals surface area contributed by atoms with E-state index in [9.17, 15) is 14.4 Å². The molecule has 2 rings (SSSR count). The number of carbonyl (C=O) groups is 3. The van der Waals surface area contributed by atoms with Crippen molar-refractivity contribution in [3.8, 4) is 17.2 Å². The predicted octanol–water partition coefficient (Wildman–Crippen LogP) is 3.20. The van der Waals surface area contributed by atoms with Crippen LogP contribution in [0.3, 0.4) is 0 Å². The van der Waals surface area contributed by atoms with Gasteiger partial charge in [-0.15, -0.1) is 0 Å². The molecule has 1 atom stereocenters. The average molecular weight is 350 g/mol. The highest BCUT2D eigenvalue weighted by Gasteiger charge is 2.25. The summed E-state index contributed by atoms with van der Waals surface area (Å²) < 4.78 is 4.82. The van der Waals surface area contributed by atoms with Gasteiger partial charge in [0.2, 0.25) is 5.91 Å². The summed E-state index contributed by atoms with van der Waals surface area (Å²) in [5.41, 5.74) is 2.05. The van der Waals surface area contributed by atoms with Crippen LogP contribution in [0.15, 0.2) is 48.5 Å². The van der Waals surface area contributed by atoms with Gasteiger partial charge in [0.15, 0.2) is 11.7 Å². The van der Waals surface area contributed by atoms with Crippen LogP contribution in [0.4, 0.5) is 5.69 Å². The SMILES string of the molecule is CCC(=O)C(C#N)C(=O)Nc1ccc(-c2ccccc2)c(C(=O)OC)c1. The third kappa shape index (κ3) is 4.14. The van der Waals surface area contributed by atoms with Crippen LogP contribution in [0.25, 0.3) is 11.1 Å². The minimum absolute atomic E-state index is 0.0893. The number of nitrogens with one attached hydrogen (secondary N) is 1. The van der Waals surface area contributed by atoms with Crippen LogP contribution in [-0.2, 0) is 14.3 Å². The molecule has 0 heterocycles. The normalized spacial score (nSPS) is 11.1. The van der Waals surface area contributed by atoms with Gasteiger partial charge >= 0.3 is 5.97 Å². The summed E-state index contributed by atoms with van der Waals surface area (Å²) in [6.45, 7) is 1.59. The molecule has 1 N–H and O–H groups in total. The van der Waals surface area contributed by atoms with Crippen LogP contribution in [0.5, 0.6) is 0 Å². The van der Waals surface area contributed by atoms with Gasteiger partial charge < -0.3 is 10.1 Å². The summed E-state index contributed by atoms with van der Waals surface area (Å²) in [7, 11) is 1.27. The number of carbonyl (C=O) groups excluding carboxylic acids is 3. The Kier molecular flexibility index (Phi) is 6.23. The number of Topliss-reactive ketones (excluding diaryl/α,β-unsaturated/α-hetero) is 1. The van der Waals surface area contributed by atoms with E-state index in [2.05, 4.69) is 5.32 Å². The highest BCUT2D eigenvalue weighted by Crippen LogP contribution is 2.27. The van der Waals surface area contributed by atoms with E-state index in [4.69, 9.17) is 10.00 Å². The second-order valence-corrected chi connectivity index (χ2v) is 5.49. The Morgan fingerprint density at radius 3 is 2.42 bits per heavy atom. The third-order valence-corrected chi connectivity index (χ3v) is 3.84. The molecule has 0 saturated heterocycles. The van der Waals surface area contributed by atoms with Gasteiger partial charge in [-0.05, 0) is 23.3 Å².